The number of rotatable bonds is 3. The van der Waals surface area contributed by atoms with Gasteiger partial charge in [0, 0.05) is 11.3 Å². The zero-order valence-corrected chi connectivity index (χ0v) is 9.69. The highest BCUT2D eigenvalue weighted by Gasteiger charge is 2.19. The van der Waals surface area contributed by atoms with Crippen LogP contribution in [0.3, 0.4) is 0 Å². The van der Waals surface area contributed by atoms with Crippen molar-refractivity contribution in [1.82, 2.24) is 0 Å². The number of nitrogens with one attached hydrogen (secondary N) is 1. The van der Waals surface area contributed by atoms with Crippen LogP contribution < -0.4 is 5.32 Å². The quantitative estimate of drug-likeness (QED) is 0.824. The molecule has 88 valence electrons. The van der Waals surface area contributed by atoms with E-state index >= 15 is 0 Å². The molecule has 2 rings (SSSR count). The van der Waals surface area contributed by atoms with Gasteiger partial charge in [-0.2, -0.15) is 0 Å². The van der Waals surface area contributed by atoms with Crippen molar-refractivity contribution in [3.05, 3.63) is 47.7 Å². The van der Waals surface area contributed by atoms with Crippen LogP contribution in [-0.4, -0.2) is 13.1 Å². The Balaban J connectivity index is 2.31. The number of hydrogen-bond acceptors (Lipinski definition) is 4. The molecular weight excluding hydrogens is 218 g/mol. The Hall–Kier alpha value is -2.23. The average Bonchev–Trinajstić information content (AvgIpc) is 2.71. The van der Waals surface area contributed by atoms with E-state index in [9.17, 15) is 4.79 Å². The van der Waals surface area contributed by atoms with Crippen LogP contribution in [0.4, 0.5) is 11.6 Å². The Kier molecular flexibility index (Phi) is 3.14. The number of hydrogen-bond donors (Lipinski definition) is 1. The monoisotopic (exact) mass is 231 g/mol. The van der Waals surface area contributed by atoms with Gasteiger partial charge in [-0.05, 0) is 19.1 Å². The van der Waals surface area contributed by atoms with E-state index in [-0.39, 0.29) is 0 Å². The summed E-state index contributed by atoms with van der Waals surface area (Å²) in [6.07, 6.45) is 1.53. The molecule has 0 bridgehead atoms. The number of para-hydroxylation sites is 1. The number of carbonyl (C=O) groups excluding carboxylic acids is 1. The first-order valence-electron chi connectivity index (χ1n) is 5.21. The van der Waals surface area contributed by atoms with E-state index in [1.807, 2.05) is 30.3 Å². The lowest BCUT2D eigenvalue weighted by molar-refractivity contribution is 0.0600. The van der Waals surface area contributed by atoms with Crippen LogP contribution >= 0.6 is 0 Å². The zero-order valence-electron chi connectivity index (χ0n) is 9.69. The van der Waals surface area contributed by atoms with Gasteiger partial charge in [0.15, 0.2) is 0 Å². The van der Waals surface area contributed by atoms with Crippen molar-refractivity contribution in [3.8, 4) is 0 Å². The molecular formula is C13H13NO3. The van der Waals surface area contributed by atoms with E-state index < -0.39 is 5.97 Å². The van der Waals surface area contributed by atoms with Crippen molar-refractivity contribution in [2.24, 2.45) is 0 Å². The molecule has 0 amide bonds. The minimum absolute atomic E-state index is 0.403. The van der Waals surface area contributed by atoms with Crippen LogP contribution in [0.5, 0.6) is 0 Å². The molecule has 0 aliphatic rings. The predicted molar refractivity (Wildman–Crippen MR) is 64.5 cm³/mol. The minimum atomic E-state index is -0.408. The Morgan fingerprint density at radius 1 is 1.29 bits per heavy atom. The Labute approximate surface area is 99.2 Å². The first kappa shape index (κ1) is 11.3. The third-order valence-electron chi connectivity index (χ3n) is 2.40. The van der Waals surface area contributed by atoms with E-state index in [2.05, 4.69) is 5.32 Å². The van der Waals surface area contributed by atoms with E-state index in [0.29, 0.717) is 11.4 Å². The van der Waals surface area contributed by atoms with Gasteiger partial charge < -0.3 is 14.5 Å². The van der Waals surface area contributed by atoms with E-state index in [1.165, 1.54) is 13.4 Å². The average molecular weight is 231 g/mol. The van der Waals surface area contributed by atoms with Crippen molar-refractivity contribution in [2.45, 2.75) is 6.92 Å². The number of esters is 1. The summed E-state index contributed by atoms with van der Waals surface area (Å²) in [5, 5.41) is 3.04. The maximum Gasteiger partial charge on any atom is 0.343 e. The molecule has 0 saturated heterocycles. The number of anilines is 2. The standard InChI is InChI=1S/C13H13NO3/c1-9-8-17-12(11(9)13(15)16-2)14-10-6-4-3-5-7-10/h3-8,14H,1-2H3. The molecule has 17 heavy (non-hydrogen) atoms. The number of methoxy groups -OCH3 is 1. The van der Waals surface area contributed by atoms with Crippen molar-refractivity contribution in [3.63, 3.8) is 0 Å². The van der Waals surface area contributed by atoms with Gasteiger partial charge in [-0.1, -0.05) is 18.2 Å². The Morgan fingerprint density at radius 3 is 2.65 bits per heavy atom. The third kappa shape index (κ3) is 2.30. The largest absolute Gasteiger partial charge is 0.465 e. The molecule has 0 aliphatic heterocycles. The van der Waals surface area contributed by atoms with Gasteiger partial charge in [0.25, 0.3) is 0 Å². The Bertz CT molecular complexity index is 517. The summed E-state index contributed by atoms with van der Waals surface area (Å²) in [6, 6.07) is 9.49. The molecule has 1 N–H and O–H groups in total. The maximum absolute atomic E-state index is 11.6. The van der Waals surface area contributed by atoms with E-state index in [1.54, 1.807) is 6.92 Å². The van der Waals surface area contributed by atoms with Crippen LogP contribution in [-0.2, 0) is 4.74 Å². The van der Waals surface area contributed by atoms with E-state index in [0.717, 1.165) is 11.3 Å². The van der Waals surface area contributed by atoms with Gasteiger partial charge >= 0.3 is 5.97 Å². The summed E-state index contributed by atoms with van der Waals surface area (Å²) < 4.78 is 10.0. The predicted octanol–water partition coefficient (Wildman–Crippen LogP) is 3.12. The van der Waals surface area contributed by atoms with Gasteiger partial charge in [-0.25, -0.2) is 4.79 Å². The molecule has 2 aromatic rings. The second-order valence-corrected chi connectivity index (χ2v) is 3.61. The fraction of sp³-hybridized carbons (Fsp3) is 0.154. The molecule has 4 heteroatoms. The first-order valence-corrected chi connectivity index (χ1v) is 5.21. The van der Waals surface area contributed by atoms with Crippen molar-refractivity contribution < 1.29 is 13.9 Å². The van der Waals surface area contributed by atoms with Crippen LogP contribution in [0.2, 0.25) is 0 Å². The summed E-state index contributed by atoms with van der Waals surface area (Å²) >= 11 is 0. The van der Waals surface area contributed by atoms with E-state index in [4.69, 9.17) is 9.15 Å². The normalized spacial score (nSPS) is 10.0. The lowest BCUT2D eigenvalue weighted by Gasteiger charge is -2.05. The number of furan rings is 1. The fourth-order valence-corrected chi connectivity index (χ4v) is 1.54. The number of aryl methyl sites for hydroxylation is 1. The fourth-order valence-electron chi connectivity index (χ4n) is 1.54. The minimum Gasteiger partial charge on any atom is -0.465 e. The number of ether oxygens (including phenoxy) is 1. The summed E-state index contributed by atoms with van der Waals surface area (Å²) in [5.74, 6) is -0.00442. The van der Waals surface area contributed by atoms with Crippen molar-refractivity contribution >= 4 is 17.5 Å². The maximum atomic E-state index is 11.6. The summed E-state index contributed by atoms with van der Waals surface area (Å²) in [7, 11) is 1.35. The van der Waals surface area contributed by atoms with Gasteiger partial charge in [0.1, 0.15) is 5.56 Å². The van der Waals surface area contributed by atoms with Gasteiger partial charge in [-0.3, -0.25) is 0 Å². The van der Waals surface area contributed by atoms with Gasteiger partial charge in [0.2, 0.25) is 5.88 Å². The van der Waals surface area contributed by atoms with Crippen molar-refractivity contribution in [2.75, 3.05) is 12.4 Å². The Morgan fingerprint density at radius 2 is 2.00 bits per heavy atom. The van der Waals surface area contributed by atoms with Crippen LogP contribution in [0, 0.1) is 6.92 Å². The second-order valence-electron chi connectivity index (χ2n) is 3.61. The third-order valence-corrected chi connectivity index (χ3v) is 2.40. The SMILES string of the molecule is COC(=O)c1c(C)coc1Nc1ccccc1. The summed E-state index contributed by atoms with van der Waals surface area (Å²) in [4.78, 5) is 11.6. The lowest BCUT2D eigenvalue weighted by atomic mass is 10.2. The molecule has 4 nitrogen and oxygen atoms in total. The molecule has 1 aromatic carbocycles. The highest BCUT2D eigenvalue weighted by atomic mass is 16.5. The highest BCUT2D eigenvalue weighted by Crippen LogP contribution is 2.26. The lowest BCUT2D eigenvalue weighted by Crippen LogP contribution is -2.04. The molecule has 0 radical (unpaired) electrons. The number of benzene rings is 1. The molecule has 0 unspecified atom stereocenters. The molecule has 0 aliphatic carbocycles. The summed E-state index contributed by atoms with van der Waals surface area (Å²) in [6.45, 7) is 1.80. The smallest absolute Gasteiger partial charge is 0.343 e. The van der Waals surface area contributed by atoms with Crippen LogP contribution in [0.25, 0.3) is 0 Å². The first-order chi connectivity index (χ1) is 8.22. The zero-order chi connectivity index (χ0) is 12.3. The highest BCUT2D eigenvalue weighted by molar-refractivity contribution is 5.96. The van der Waals surface area contributed by atoms with Crippen LogP contribution in [0.1, 0.15) is 15.9 Å². The molecule has 1 aromatic heterocycles. The summed E-state index contributed by atoms with van der Waals surface area (Å²) in [5.41, 5.74) is 2.03. The van der Waals surface area contributed by atoms with Gasteiger partial charge in [0.05, 0.1) is 13.4 Å². The van der Waals surface area contributed by atoms with Crippen molar-refractivity contribution in [1.29, 1.82) is 0 Å². The second kappa shape index (κ2) is 4.74. The molecule has 0 spiro atoms. The molecule has 0 fully saturated rings. The van der Waals surface area contributed by atoms with Crippen LogP contribution in [0.15, 0.2) is 41.0 Å². The topological polar surface area (TPSA) is 51.5 Å². The molecule has 0 atom stereocenters. The number of carbonyl (C=O) groups is 1. The van der Waals surface area contributed by atoms with Gasteiger partial charge in [-0.15, -0.1) is 0 Å². The molecule has 0 saturated carbocycles. The molecule has 1 heterocycles.